The third-order valence-corrected chi connectivity index (χ3v) is 3.25. The molecule has 0 amide bonds. The van der Waals surface area contributed by atoms with E-state index in [4.69, 9.17) is 0 Å². The van der Waals surface area contributed by atoms with Gasteiger partial charge in [0.05, 0.1) is 5.52 Å². The first-order valence-corrected chi connectivity index (χ1v) is 6.34. The fourth-order valence-corrected chi connectivity index (χ4v) is 2.09. The molecule has 0 unspecified atom stereocenters. The first kappa shape index (κ1) is 12.8. The molecule has 0 aliphatic heterocycles. The molecule has 0 saturated carbocycles. The minimum atomic E-state index is 0.987. The number of nitrogens with one attached hydrogen (secondary N) is 1. The van der Waals surface area contributed by atoms with Gasteiger partial charge in [-0.25, -0.2) is 0 Å². The van der Waals surface area contributed by atoms with E-state index in [1.54, 1.807) is 0 Å². The van der Waals surface area contributed by atoms with E-state index in [1.165, 1.54) is 16.6 Å². The predicted molar refractivity (Wildman–Crippen MR) is 78.4 cm³/mol. The van der Waals surface area contributed by atoms with Crippen molar-refractivity contribution in [3.05, 3.63) is 35.5 Å². The molecule has 1 N–H and O–H groups in total. The van der Waals surface area contributed by atoms with Gasteiger partial charge in [0.15, 0.2) is 0 Å². The van der Waals surface area contributed by atoms with Crippen LogP contribution in [-0.2, 0) is 6.42 Å². The summed E-state index contributed by atoms with van der Waals surface area (Å²) in [5, 5.41) is 4.41. The molecule has 1 aromatic carbocycles. The number of likely N-dealkylation sites (N-methyl/N-ethyl adjacent to an activating group) is 1. The molecule has 0 fully saturated rings. The van der Waals surface area contributed by atoms with Crippen LogP contribution in [0.5, 0.6) is 0 Å². The maximum atomic E-state index is 4.68. The predicted octanol–water partition coefficient (Wildman–Crippen LogP) is 2.37. The maximum absolute atomic E-state index is 4.68. The summed E-state index contributed by atoms with van der Waals surface area (Å²) in [5.74, 6) is 0. The number of rotatable bonds is 4. The Balaban J connectivity index is 2.45. The van der Waals surface area contributed by atoms with Crippen LogP contribution in [0, 0.1) is 6.92 Å². The molecule has 3 heteroatoms. The van der Waals surface area contributed by atoms with Crippen molar-refractivity contribution in [3.8, 4) is 0 Å². The van der Waals surface area contributed by atoms with E-state index in [0.29, 0.717) is 0 Å². The van der Waals surface area contributed by atoms with Crippen LogP contribution in [0.25, 0.3) is 10.9 Å². The Labute approximate surface area is 109 Å². The number of aryl methyl sites for hydroxylation is 1. The van der Waals surface area contributed by atoms with E-state index in [9.17, 15) is 0 Å². The molecule has 96 valence electrons. The third kappa shape index (κ3) is 2.62. The summed E-state index contributed by atoms with van der Waals surface area (Å²) in [5.41, 5.74) is 4.75. The third-order valence-electron chi connectivity index (χ3n) is 3.25. The highest BCUT2D eigenvalue weighted by molar-refractivity contribution is 5.83. The summed E-state index contributed by atoms with van der Waals surface area (Å²) in [6, 6.07) is 8.67. The highest BCUT2D eigenvalue weighted by atomic mass is 15.1. The van der Waals surface area contributed by atoms with Crippen molar-refractivity contribution < 1.29 is 0 Å². The van der Waals surface area contributed by atoms with Crippen LogP contribution in [0.4, 0.5) is 5.69 Å². The molecule has 1 aromatic heterocycles. The molecule has 0 aliphatic carbocycles. The molecule has 18 heavy (non-hydrogen) atoms. The number of fused-ring (bicyclic) bond motifs is 1. The Morgan fingerprint density at radius 3 is 2.67 bits per heavy atom. The van der Waals surface area contributed by atoms with Crippen molar-refractivity contribution in [3.63, 3.8) is 0 Å². The summed E-state index contributed by atoms with van der Waals surface area (Å²) in [6.45, 7) is 3.08. The van der Waals surface area contributed by atoms with E-state index < -0.39 is 0 Å². The molecular weight excluding hydrogens is 222 g/mol. The number of hydrogen-bond donors (Lipinski definition) is 1. The molecule has 2 aromatic rings. The van der Waals surface area contributed by atoms with Crippen molar-refractivity contribution in [2.45, 2.75) is 13.3 Å². The smallest absolute Gasteiger partial charge is 0.0706 e. The lowest BCUT2D eigenvalue weighted by molar-refractivity contribution is 0.786. The Morgan fingerprint density at radius 2 is 2.00 bits per heavy atom. The molecule has 0 radical (unpaired) electrons. The normalized spacial score (nSPS) is 10.9. The number of benzene rings is 1. The summed E-state index contributed by atoms with van der Waals surface area (Å²) >= 11 is 0. The average molecular weight is 243 g/mol. The van der Waals surface area contributed by atoms with E-state index in [-0.39, 0.29) is 0 Å². The first-order valence-electron chi connectivity index (χ1n) is 6.34. The van der Waals surface area contributed by atoms with E-state index in [1.807, 2.05) is 7.05 Å². The van der Waals surface area contributed by atoms with Crippen molar-refractivity contribution in [1.29, 1.82) is 0 Å². The van der Waals surface area contributed by atoms with Crippen LogP contribution in [-0.4, -0.2) is 32.7 Å². The molecule has 3 nitrogen and oxygen atoms in total. The molecule has 0 spiro atoms. The van der Waals surface area contributed by atoms with E-state index >= 15 is 0 Å². The number of hydrogen-bond acceptors (Lipinski definition) is 3. The molecule has 1 heterocycles. The Hall–Kier alpha value is -1.61. The highest BCUT2D eigenvalue weighted by Crippen LogP contribution is 2.22. The van der Waals surface area contributed by atoms with Crippen LogP contribution in [0.1, 0.15) is 11.3 Å². The van der Waals surface area contributed by atoms with Gasteiger partial charge in [0.1, 0.15) is 0 Å². The molecule has 0 atom stereocenters. The second kappa shape index (κ2) is 5.36. The van der Waals surface area contributed by atoms with Gasteiger partial charge in [-0.15, -0.1) is 0 Å². The minimum absolute atomic E-state index is 0.987. The van der Waals surface area contributed by atoms with Crippen LogP contribution in [0.3, 0.4) is 0 Å². The lowest BCUT2D eigenvalue weighted by Crippen LogP contribution is -2.11. The Kier molecular flexibility index (Phi) is 3.82. The van der Waals surface area contributed by atoms with E-state index in [0.717, 1.165) is 24.2 Å². The van der Waals surface area contributed by atoms with Gasteiger partial charge in [-0.3, -0.25) is 4.98 Å². The molecule has 0 bridgehead atoms. The number of pyridine rings is 1. The standard InChI is InChI=1S/C15H21N3/c1-11-12(7-8-16-2)9-13-10-14(18(3)4)5-6-15(13)17-11/h5-6,9-10,16H,7-8H2,1-4H3. The van der Waals surface area contributed by atoms with Gasteiger partial charge in [0, 0.05) is 30.9 Å². The van der Waals surface area contributed by atoms with Gasteiger partial charge in [-0.05, 0) is 56.8 Å². The van der Waals surface area contributed by atoms with Gasteiger partial charge >= 0.3 is 0 Å². The molecule has 0 saturated heterocycles. The second-order valence-electron chi connectivity index (χ2n) is 4.86. The summed E-state index contributed by atoms with van der Waals surface area (Å²) in [4.78, 5) is 6.80. The lowest BCUT2D eigenvalue weighted by Gasteiger charge is -2.14. The topological polar surface area (TPSA) is 28.2 Å². The number of nitrogens with zero attached hydrogens (tertiary/aromatic N) is 2. The zero-order valence-corrected chi connectivity index (χ0v) is 11.6. The summed E-state index contributed by atoms with van der Waals surface area (Å²) in [7, 11) is 6.10. The van der Waals surface area contributed by atoms with Gasteiger partial charge < -0.3 is 10.2 Å². The lowest BCUT2D eigenvalue weighted by atomic mass is 10.1. The van der Waals surface area contributed by atoms with Crippen LogP contribution in [0.15, 0.2) is 24.3 Å². The van der Waals surface area contributed by atoms with Crippen molar-refractivity contribution in [1.82, 2.24) is 10.3 Å². The van der Waals surface area contributed by atoms with Gasteiger partial charge in [0.2, 0.25) is 0 Å². The molecular formula is C15H21N3. The minimum Gasteiger partial charge on any atom is -0.378 e. The zero-order valence-electron chi connectivity index (χ0n) is 11.6. The second-order valence-corrected chi connectivity index (χ2v) is 4.86. The fraction of sp³-hybridized carbons (Fsp3) is 0.400. The SMILES string of the molecule is CNCCc1cc2cc(N(C)C)ccc2nc1C. The van der Waals surface area contributed by atoms with Gasteiger partial charge in [0.25, 0.3) is 0 Å². The van der Waals surface area contributed by atoms with Crippen LogP contribution < -0.4 is 10.2 Å². The van der Waals surface area contributed by atoms with Crippen molar-refractivity contribution >= 4 is 16.6 Å². The van der Waals surface area contributed by atoms with Crippen LogP contribution >= 0.6 is 0 Å². The summed E-state index contributed by atoms with van der Waals surface area (Å²) in [6.07, 6.45) is 1.03. The van der Waals surface area contributed by atoms with Gasteiger partial charge in [-0.2, -0.15) is 0 Å². The van der Waals surface area contributed by atoms with Gasteiger partial charge in [-0.1, -0.05) is 0 Å². The average Bonchev–Trinajstić information content (AvgIpc) is 2.35. The quantitative estimate of drug-likeness (QED) is 0.893. The fourth-order valence-electron chi connectivity index (χ4n) is 2.09. The molecule has 2 rings (SSSR count). The highest BCUT2D eigenvalue weighted by Gasteiger charge is 2.04. The maximum Gasteiger partial charge on any atom is 0.0706 e. The Bertz CT molecular complexity index is 547. The number of aromatic nitrogens is 1. The monoisotopic (exact) mass is 243 g/mol. The first-order chi connectivity index (χ1) is 8.61. The summed E-state index contributed by atoms with van der Waals surface area (Å²) < 4.78 is 0. The van der Waals surface area contributed by atoms with Crippen molar-refractivity contribution in [2.24, 2.45) is 0 Å². The zero-order chi connectivity index (χ0) is 13.1. The Morgan fingerprint density at radius 1 is 1.22 bits per heavy atom. The van der Waals surface area contributed by atoms with E-state index in [2.05, 4.69) is 60.5 Å². The van der Waals surface area contributed by atoms with Crippen molar-refractivity contribution in [2.75, 3.05) is 32.6 Å². The van der Waals surface area contributed by atoms with Crippen LogP contribution in [0.2, 0.25) is 0 Å². The molecule has 0 aliphatic rings. The number of anilines is 1. The largest absolute Gasteiger partial charge is 0.378 e.